The highest BCUT2D eigenvalue weighted by Gasteiger charge is 2.35. The predicted molar refractivity (Wildman–Crippen MR) is 62.3 cm³/mol. The Balaban J connectivity index is 1.77. The molecule has 1 aromatic heterocycles. The molecule has 0 spiro atoms. The SMILES string of the molecule is Cc1nccn1CCNC1(CCl)CCC1. The largest absolute Gasteiger partial charge is 0.334 e. The maximum atomic E-state index is 5.97. The third-order valence-electron chi connectivity index (χ3n) is 3.34. The number of hydrogen-bond donors (Lipinski definition) is 1. The number of nitrogens with one attached hydrogen (secondary N) is 1. The fourth-order valence-electron chi connectivity index (χ4n) is 2.04. The average Bonchev–Trinajstić information content (AvgIpc) is 2.57. The summed E-state index contributed by atoms with van der Waals surface area (Å²) in [6.45, 7) is 3.98. The number of aromatic nitrogens is 2. The smallest absolute Gasteiger partial charge is 0.105 e. The fourth-order valence-corrected chi connectivity index (χ4v) is 2.40. The molecule has 0 atom stereocenters. The van der Waals surface area contributed by atoms with Crippen LogP contribution in [0.25, 0.3) is 0 Å². The minimum atomic E-state index is 0.232. The van der Waals surface area contributed by atoms with Gasteiger partial charge in [0.2, 0.25) is 0 Å². The van der Waals surface area contributed by atoms with E-state index in [0.29, 0.717) is 0 Å². The highest BCUT2D eigenvalue weighted by molar-refractivity contribution is 6.18. The van der Waals surface area contributed by atoms with Gasteiger partial charge in [-0.2, -0.15) is 0 Å². The van der Waals surface area contributed by atoms with Crippen molar-refractivity contribution in [1.82, 2.24) is 14.9 Å². The summed E-state index contributed by atoms with van der Waals surface area (Å²) in [4.78, 5) is 4.20. The van der Waals surface area contributed by atoms with Crippen molar-refractivity contribution in [3.8, 4) is 0 Å². The topological polar surface area (TPSA) is 29.9 Å². The van der Waals surface area contributed by atoms with Crippen LogP contribution in [0.15, 0.2) is 12.4 Å². The van der Waals surface area contributed by atoms with Crippen LogP contribution in [0.1, 0.15) is 25.1 Å². The van der Waals surface area contributed by atoms with E-state index in [0.717, 1.165) is 24.8 Å². The summed E-state index contributed by atoms with van der Waals surface area (Å²) in [5.41, 5.74) is 0.232. The molecule has 1 heterocycles. The lowest BCUT2D eigenvalue weighted by molar-refractivity contribution is 0.211. The van der Waals surface area contributed by atoms with Gasteiger partial charge in [0.25, 0.3) is 0 Å². The van der Waals surface area contributed by atoms with E-state index in [-0.39, 0.29) is 5.54 Å². The van der Waals surface area contributed by atoms with Gasteiger partial charge >= 0.3 is 0 Å². The van der Waals surface area contributed by atoms with Gasteiger partial charge < -0.3 is 9.88 Å². The van der Waals surface area contributed by atoms with Crippen LogP contribution in [-0.4, -0.2) is 27.5 Å². The summed E-state index contributed by atoms with van der Waals surface area (Å²) < 4.78 is 2.16. The second kappa shape index (κ2) is 4.54. The Morgan fingerprint density at radius 3 is 2.87 bits per heavy atom. The Bertz CT molecular complexity index is 312. The zero-order valence-electron chi connectivity index (χ0n) is 9.17. The predicted octanol–water partition coefficient (Wildman–Crippen LogP) is 1.94. The van der Waals surface area contributed by atoms with Gasteiger partial charge in [-0.25, -0.2) is 4.98 Å². The van der Waals surface area contributed by atoms with Crippen molar-refractivity contribution in [2.75, 3.05) is 12.4 Å². The minimum absolute atomic E-state index is 0.232. The van der Waals surface area contributed by atoms with Crippen molar-refractivity contribution in [3.63, 3.8) is 0 Å². The van der Waals surface area contributed by atoms with Crippen molar-refractivity contribution in [3.05, 3.63) is 18.2 Å². The molecule has 1 fully saturated rings. The maximum absolute atomic E-state index is 5.97. The van der Waals surface area contributed by atoms with Crippen LogP contribution in [-0.2, 0) is 6.54 Å². The van der Waals surface area contributed by atoms with E-state index < -0.39 is 0 Å². The van der Waals surface area contributed by atoms with E-state index >= 15 is 0 Å². The molecule has 1 N–H and O–H groups in total. The van der Waals surface area contributed by atoms with E-state index in [1.165, 1.54) is 19.3 Å². The first-order chi connectivity index (χ1) is 7.26. The van der Waals surface area contributed by atoms with E-state index in [9.17, 15) is 0 Å². The lowest BCUT2D eigenvalue weighted by Gasteiger charge is -2.41. The molecule has 2 rings (SSSR count). The van der Waals surface area contributed by atoms with Gasteiger partial charge in [-0.1, -0.05) is 0 Å². The maximum Gasteiger partial charge on any atom is 0.105 e. The van der Waals surface area contributed by atoms with Crippen molar-refractivity contribution in [2.45, 2.75) is 38.3 Å². The lowest BCUT2D eigenvalue weighted by Crippen LogP contribution is -2.53. The third kappa shape index (κ3) is 2.34. The molecule has 1 aliphatic rings. The third-order valence-corrected chi connectivity index (χ3v) is 3.85. The molecule has 1 aliphatic carbocycles. The summed E-state index contributed by atoms with van der Waals surface area (Å²) >= 11 is 5.97. The van der Waals surface area contributed by atoms with Crippen LogP contribution in [0.2, 0.25) is 0 Å². The number of hydrogen-bond acceptors (Lipinski definition) is 2. The molecule has 3 nitrogen and oxygen atoms in total. The second-order valence-corrected chi connectivity index (χ2v) is 4.63. The molecule has 0 bridgehead atoms. The molecule has 0 saturated heterocycles. The van der Waals surface area contributed by atoms with Crippen LogP contribution in [0.5, 0.6) is 0 Å². The fraction of sp³-hybridized carbons (Fsp3) is 0.727. The summed E-state index contributed by atoms with van der Waals surface area (Å²) in [6, 6.07) is 0. The van der Waals surface area contributed by atoms with Gasteiger partial charge in [-0.15, -0.1) is 11.6 Å². The number of imidazole rings is 1. The summed E-state index contributed by atoms with van der Waals surface area (Å²) in [5, 5.41) is 3.57. The first-order valence-corrected chi connectivity index (χ1v) is 6.08. The molecule has 4 heteroatoms. The Hall–Kier alpha value is -0.540. The Morgan fingerprint density at radius 2 is 2.40 bits per heavy atom. The molecule has 0 unspecified atom stereocenters. The molecule has 0 radical (unpaired) electrons. The number of aryl methyl sites for hydroxylation is 1. The molecule has 0 amide bonds. The molecule has 0 aliphatic heterocycles. The van der Waals surface area contributed by atoms with E-state index in [1.54, 1.807) is 0 Å². The van der Waals surface area contributed by atoms with Gasteiger partial charge in [0, 0.05) is 36.9 Å². The number of nitrogens with zero attached hydrogens (tertiary/aromatic N) is 2. The summed E-state index contributed by atoms with van der Waals surface area (Å²) in [7, 11) is 0. The lowest BCUT2D eigenvalue weighted by atomic mass is 9.78. The van der Waals surface area contributed by atoms with Gasteiger partial charge in [0.15, 0.2) is 0 Å². The molecule has 0 aromatic carbocycles. The Labute approximate surface area is 95.8 Å². The van der Waals surface area contributed by atoms with E-state index in [2.05, 4.69) is 14.9 Å². The monoisotopic (exact) mass is 227 g/mol. The Morgan fingerprint density at radius 1 is 1.60 bits per heavy atom. The molecule has 1 aromatic rings. The summed E-state index contributed by atoms with van der Waals surface area (Å²) in [5.74, 6) is 1.81. The van der Waals surface area contributed by atoms with Crippen molar-refractivity contribution < 1.29 is 0 Å². The number of alkyl halides is 1. The van der Waals surface area contributed by atoms with Crippen molar-refractivity contribution in [2.24, 2.45) is 0 Å². The van der Waals surface area contributed by atoms with Gasteiger partial charge in [0.05, 0.1) is 0 Å². The highest BCUT2D eigenvalue weighted by Crippen LogP contribution is 2.32. The van der Waals surface area contributed by atoms with E-state index in [4.69, 9.17) is 11.6 Å². The molecule has 1 saturated carbocycles. The van der Waals surface area contributed by atoms with Crippen molar-refractivity contribution in [1.29, 1.82) is 0 Å². The standard InChI is InChI=1S/C11H18ClN3/c1-10-13-5-7-15(10)8-6-14-11(9-12)3-2-4-11/h5,7,14H,2-4,6,8-9H2,1H3. The summed E-state index contributed by atoms with van der Waals surface area (Å²) in [6.07, 6.45) is 7.61. The van der Waals surface area contributed by atoms with Crippen LogP contribution in [0.3, 0.4) is 0 Å². The van der Waals surface area contributed by atoms with Crippen LogP contribution < -0.4 is 5.32 Å². The minimum Gasteiger partial charge on any atom is -0.334 e. The van der Waals surface area contributed by atoms with Gasteiger partial charge in [-0.3, -0.25) is 0 Å². The second-order valence-electron chi connectivity index (χ2n) is 4.36. The van der Waals surface area contributed by atoms with Crippen LogP contribution >= 0.6 is 11.6 Å². The average molecular weight is 228 g/mol. The molecular weight excluding hydrogens is 210 g/mol. The number of halogens is 1. The van der Waals surface area contributed by atoms with Gasteiger partial charge in [-0.05, 0) is 26.2 Å². The Kier molecular flexibility index (Phi) is 3.32. The van der Waals surface area contributed by atoms with Crippen molar-refractivity contribution >= 4 is 11.6 Å². The zero-order chi connectivity index (χ0) is 10.7. The van der Waals surface area contributed by atoms with Crippen LogP contribution in [0, 0.1) is 6.92 Å². The first-order valence-electron chi connectivity index (χ1n) is 5.54. The first kappa shape index (κ1) is 11.0. The molecular formula is C11H18ClN3. The number of rotatable bonds is 5. The molecule has 84 valence electrons. The van der Waals surface area contributed by atoms with Crippen LogP contribution in [0.4, 0.5) is 0 Å². The normalized spacial score (nSPS) is 18.8. The zero-order valence-corrected chi connectivity index (χ0v) is 9.93. The van der Waals surface area contributed by atoms with Gasteiger partial charge in [0.1, 0.15) is 5.82 Å². The quantitative estimate of drug-likeness (QED) is 0.780. The molecule has 15 heavy (non-hydrogen) atoms. The van der Waals surface area contributed by atoms with E-state index in [1.807, 2.05) is 19.3 Å². The highest BCUT2D eigenvalue weighted by atomic mass is 35.5.